The number of hydrogen-bond acceptors (Lipinski definition) is 1. The van der Waals surface area contributed by atoms with E-state index in [0.29, 0.717) is 12.5 Å². The summed E-state index contributed by atoms with van der Waals surface area (Å²) in [5.74, 6) is 0.555. The van der Waals surface area contributed by atoms with Gasteiger partial charge in [0.2, 0.25) is 5.96 Å². The Morgan fingerprint density at radius 1 is 1.44 bits per heavy atom. The number of aromatic nitrogens is 1. The van der Waals surface area contributed by atoms with Gasteiger partial charge >= 0.3 is 0 Å². The van der Waals surface area contributed by atoms with Crippen LogP contribution in [0, 0.1) is 0 Å². The van der Waals surface area contributed by atoms with Gasteiger partial charge in [-0.25, -0.2) is 0 Å². The Balaban J connectivity index is 2.42. The van der Waals surface area contributed by atoms with Gasteiger partial charge in [-0.1, -0.05) is 0 Å². The Morgan fingerprint density at radius 2 is 2.19 bits per heavy atom. The first-order valence-corrected chi connectivity index (χ1v) is 5.03. The Hall–Kier alpha value is -1.98. The van der Waals surface area contributed by atoms with Gasteiger partial charge in [0.1, 0.15) is 0 Å². The molecule has 0 atom stereocenters. The minimum absolute atomic E-state index is 0.206. The summed E-state index contributed by atoms with van der Waals surface area (Å²) in [6.45, 7) is 0.594. The van der Waals surface area contributed by atoms with Gasteiger partial charge in [-0.15, -0.1) is 0 Å². The summed E-state index contributed by atoms with van der Waals surface area (Å²) in [4.78, 5) is 12.8. The predicted molar refractivity (Wildman–Crippen MR) is 66.3 cm³/mol. The molecular weight excluding hydrogens is 204 g/mol. The molecule has 0 bridgehead atoms. The van der Waals surface area contributed by atoms with Crippen molar-refractivity contribution in [1.29, 1.82) is 0 Å². The van der Waals surface area contributed by atoms with Crippen LogP contribution >= 0.6 is 0 Å². The largest absolute Gasteiger partial charge is 0.369 e. The van der Waals surface area contributed by atoms with E-state index in [4.69, 9.17) is 11.5 Å². The number of aliphatic imine (C=N–C) groups is 2. The summed E-state index contributed by atoms with van der Waals surface area (Å²) in [7, 11) is 3.59. The SMILES string of the molecule is CN(C)C(N)=NC(N)=NCCc1ccc[nH]1. The van der Waals surface area contributed by atoms with E-state index >= 15 is 0 Å². The number of rotatable bonds is 3. The van der Waals surface area contributed by atoms with Crippen molar-refractivity contribution in [2.24, 2.45) is 21.5 Å². The minimum atomic E-state index is 0.206. The smallest absolute Gasteiger partial charge is 0.218 e. The lowest BCUT2D eigenvalue weighted by Gasteiger charge is -2.09. The van der Waals surface area contributed by atoms with E-state index in [1.165, 1.54) is 0 Å². The second-order valence-corrected chi connectivity index (χ2v) is 3.55. The van der Waals surface area contributed by atoms with Crippen molar-refractivity contribution in [3.8, 4) is 0 Å². The van der Waals surface area contributed by atoms with Gasteiger partial charge in [-0.2, -0.15) is 4.99 Å². The molecule has 0 aliphatic heterocycles. The van der Waals surface area contributed by atoms with Crippen molar-refractivity contribution in [2.75, 3.05) is 20.6 Å². The molecule has 0 aliphatic rings. The molecule has 6 nitrogen and oxygen atoms in total. The summed E-state index contributed by atoms with van der Waals surface area (Å²) in [6, 6.07) is 3.95. The number of nitrogens with one attached hydrogen (secondary N) is 1. The fraction of sp³-hybridized carbons (Fsp3) is 0.400. The molecule has 0 spiro atoms. The molecule has 0 aromatic carbocycles. The number of nitrogens with two attached hydrogens (primary N) is 2. The maximum absolute atomic E-state index is 5.60. The molecular formula is C10H18N6. The van der Waals surface area contributed by atoms with Gasteiger partial charge in [-0.05, 0) is 12.1 Å². The number of hydrogen-bond donors (Lipinski definition) is 3. The minimum Gasteiger partial charge on any atom is -0.369 e. The van der Waals surface area contributed by atoms with E-state index in [1.807, 2.05) is 18.3 Å². The third kappa shape index (κ3) is 4.04. The highest BCUT2D eigenvalue weighted by atomic mass is 15.2. The molecule has 6 heteroatoms. The Kier molecular flexibility index (Phi) is 4.38. The Bertz CT molecular complexity index is 363. The summed E-state index contributed by atoms with van der Waals surface area (Å²) in [6.07, 6.45) is 2.69. The first-order valence-electron chi connectivity index (χ1n) is 5.03. The first kappa shape index (κ1) is 12.1. The van der Waals surface area contributed by atoms with Crippen LogP contribution in [0.3, 0.4) is 0 Å². The highest BCUT2D eigenvalue weighted by molar-refractivity contribution is 5.93. The van der Waals surface area contributed by atoms with Gasteiger partial charge in [-0.3, -0.25) is 4.99 Å². The average molecular weight is 222 g/mol. The summed E-state index contributed by atoms with van der Waals surface area (Å²) in [5.41, 5.74) is 12.3. The zero-order chi connectivity index (χ0) is 12.0. The van der Waals surface area contributed by atoms with E-state index in [9.17, 15) is 0 Å². The number of nitrogens with zero attached hydrogens (tertiary/aromatic N) is 3. The Morgan fingerprint density at radius 3 is 2.75 bits per heavy atom. The monoisotopic (exact) mass is 222 g/mol. The quantitative estimate of drug-likeness (QED) is 0.486. The summed E-state index contributed by atoms with van der Waals surface area (Å²) >= 11 is 0. The highest BCUT2D eigenvalue weighted by Crippen LogP contribution is 1.95. The molecule has 0 saturated carbocycles. The fourth-order valence-electron chi connectivity index (χ4n) is 1.07. The van der Waals surface area contributed by atoms with Crippen molar-refractivity contribution in [3.05, 3.63) is 24.0 Å². The number of guanidine groups is 2. The van der Waals surface area contributed by atoms with E-state index in [0.717, 1.165) is 12.1 Å². The van der Waals surface area contributed by atoms with Gasteiger partial charge in [0.05, 0.1) is 0 Å². The van der Waals surface area contributed by atoms with Crippen LogP contribution in [0.4, 0.5) is 0 Å². The van der Waals surface area contributed by atoms with Gasteiger partial charge in [0.15, 0.2) is 5.96 Å². The molecule has 0 aliphatic carbocycles. The maximum atomic E-state index is 5.60. The molecule has 1 rings (SSSR count). The third-order valence-electron chi connectivity index (χ3n) is 2.00. The molecule has 0 radical (unpaired) electrons. The van der Waals surface area contributed by atoms with Crippen LogP contribution < -0.4 is 11.5 Å². The van der Waals surface area contributed by atoms with Crippen LogP contribution in [0.15, 0.2) is 28.3 Å². The van der Waals surface area contributed by atoms with Crippen molar-refractivity contribution in [2.45, 2.75) is 6.42 Å². The van der Waals surface area contributed by atoms with Gasteiger partial charge < -0.3 is 21.4 Å². The van der Waals surface area contributed by atoms with E-state index in [2.05, 4.69) is 15.0 Å². The standard InChI is InChI=1S/C10H18N6/c1-16(2)10(12)15-9(11)14-7-5-8-4-3-6-13-8/h3-4,6,13H,5,7H2,1-2H3,(H4,11,12,14,15). The number of aromatic amines is 1. The maximum Gasteiger partial charge on any atom is 0.218 e. The van der Waals surface area contributed by atoms with Crippen molar-refractivity contribution in [3.63, 3.8) is 0 Å². The van der Waals surface area contributed by atoms with Crippen molar-refractivity contribution in [1.82, 2.24) is 9.88 Å². The van der Waals surface area contributed by atoms with Crippen LogP contribution in [-0.4, -0.2) is 42.4 Å². The van der Waals surface area contributed by atoms with Gasteiger partial charge in [0.25, 0.3) is 0 Å². The second-order valence-electron chi connectivity index (χ2n) is 3.55. The predicted octanol–water partition coefficient (Wildman–Crippen LogP) is -0.252. The lowest BCUT2D eigenvalue weighted by atomic mass is 10.3. The van der Waals surface area contributed by atoms with E-state index in [1.54, 1.807) is 19.0 Å². The highest BCUT2D eigenvalue weighted by Gasteiger charge is 1.96. The second kappa shape index (κ2) is 5.79. The molecule has 16 heavy (non-hydrogen) atoms. The molecule has 0 unspecified atom stereocenters. The zero-order valence-corrected chi connectivity index (χ0v) is 9.64. The van der Waals surface area contributed by atoms with E-state index < -0.39 is 0 Å². The van der Waals surface area contributed by atoms with Crippen LogP contribution in [0.1, 0.15) is 5.69 Å². The zero-order valence-electron chi connectivity index (χ0n) is 9.64. The van der Waals surface area contributed by atoms with E-state index in [-0.39, 0.29) is 5.96 Å². The normalized spacial score (nSPS) is 12.9. The van der Waals surface area contributed by atoms with Crippen molar-refractivity contribution < 1.29 is 0 Å². The van der Waals surface area contributed by atoms with Crippen LogP contribution in [0.5, 0.6) is 0 Å². The lowest BCUT2D eigenvalue weighted by molar-refractivity contribution is 0.615. The average Bonchev–Trinajstić information content (AvgIpc) is 2.70. The molecule has 5 N–H and O–H groups in total. The summed E-state index contributed by atoms with van der Waals surface area (Å²) < 4.78 is 0. The molecule has 88 valence electrons. The molecule has 0 saturated heterocycles. The number of H-pyrrole nitrogens is 1. The molecule has 1 aromatic rings. The van der Waals surface area contributed by atoms with Crippen LogP contribution in [0.25, 0.3) is 0 Å². The lowest BCUT2D eigenvalue weighted by Crippen LogP contribution is -2.32. The van der Waals surface area contributed by atoms with Gasteiger partial charge in [0, 0.05) is 39.0 Å². The molecule has 1 aromatic heterocycles. The topological polar surface area (TPSA) is 95.8 Å². The summed E-state index contributed by atoms with van der Waals surface area (Å²) in [5, 5.41) is 0. The molecule has 0 fully saturated rings. The fourth-order valence-corrected chi connectivity index (χ4v) is 1.07. The molecule has 1 heterocycles. The Labute approximate surface area is 95.1 Å². The first-order chi connectivity index (χ1) is 7.59. The van der Waals surface area contributed by atoms with Crippen LogP contribution in [-0.2, 0) is 6.42 Å². The molecule has 0 amide bonds. The van der Waals surface area contributed by atoms with Crippen LogP contribution in [0.2, 0.25) is 0 Å². The third-order valence-corrected chi connectivity index (χ3v) is 2.00. The van der Waals surface area contributed by atoms with Crippen molar-refractivity contribution >= 4 is 11.9 Å².